The maximum Gasteiger partial charge on any atom is 0.147 e. The first-order valence-corrected chi connectivity index (χ1v) is 4.94. The van der Waals surface area contributed by atoms with Crippen molar-refractivity contribution in [2.45, 2.75) is 19.4 Å². The average Bonchev–Trinajstić information content (AvgIpc) is 2.25. The molecule has 2 atom stereocenters. The Labute approximate surface area is 88.9 Å². The Kier molecular flexibility index (Phi) is 4.65. The molecular weight excluding hydrogens is 197 g/mol. The Bertz CT molecular complexity index is 306. The van der Waals surface area contributed by atoms with Gasteiger partial charge in [0.2, 0.25) is 0 Å². The molecule has 0 fully saturated rings. The molecule has 0 amide bonds. The van der Waals surface area contributed by atoms with Crippen LogP contribution in [0.15, 0.2) is 18.3 Å². The van der Waals surface area contributed by atoms with Crippen molar-refractivity contribution in [3.05, 3.63) is 29.8 Å². The molecule has 1 aromatic heterocycles. The van der Waals surface area contributed by atoms with Crippen molar-refractivity contribution in [3.8, 4) is 0 Å². The zero-order valence-corrected chi connectivity index (χ0v) is 8.98. The highest BCUT2D eigenvalue weighted by atomic mass is 19.1. The number of pyridine rings is 1. The molecule has 1 rings (SSSR count). The zero-order valence-electron chi connectivity index (χ0n) is 8.98. The summed E-state index contributed by atoms with van der Waals surface area (Å²) in [6.07, 6.45) is 1.28. The molecule has 0 radical (unpaired) electrons. The summed E-state index contributed by atoms with van der Waals surface area (Å²) in [6, 6.07) is 2.81. The molecule has 4 heteroatoms. The molecule has 0 aliphatic carbocycles. The minimum Gasteiger partial charge on any atom is -0.386 e. The van der Waals surface area contributed by atoms with Crippen LogP contribution >= 0.6 is 0 Å². The fourth-order valence-electron chi connectivity index (χ4n) is 1.35. The second-order valence-corrected chi connectivity index (χ2v) is 3.57. The maximum atomic E-state index is 13.3. The summed E-state index contributed by atoms with van der Waals surface area (Å²) < 4.78 is 18.2. The molecule has 0 aliphatic rings. The number of aromatic nitrogens is 1. The lowest BCUT2D eigenvalue weighted by atomic mass is 9.98. The lowest BCUT2D eigenvalue weighted by molar-refractivity contribution is 0.0824. The first kappa shape index (κ1) is 12.1. The summed E-state index contributed by atoms with van der Waals surface area (Å²) in [4.78, 5) is 3.84. The number of aliphatic hydroxyl groups is 1. The molecule has 0 saturated heterocycles. The minimum atomic E-state index is -0.874. The van der Waals surface area contributed by atoms with E-state index in [0.717, 1.165) is 0 Å². The van der Waals surface area contributed by atoms with Gasteiger partial charge in [0.15, 0.2) is 0 Å². The average molecular weight is 213 g/mol. The van der Waals surface area contributed by atoms with E-state index >= 15 is 0 Å². The molecule has 1 heterocycles. The molecule has 0 aromatic carbocycles. The molecule has 0 spiro atoms. The zero-order chi connectivity index (χ0) is 11.3. The standard InChI is InChI=1S/C11H16FNO2/c1-8(5-7-15-2)11(14)10-9(12)4-3-6-13-10/h3-4,6,8,11,14H,5,7H2,1-2H3. The summed E-state index contributed by atoms with van der Waals surface area (Å²) >= 11 is 0. The van der Waals surface area contributed by atoms with E-state index in [4.69, 9.17) is 4.74 Å². The van der Waals surface area contributed by atoms with Crippen molar-refractivity contribution >= 4 is 0 Å². The van der Waals surface area contributed by atoms with Gasteiger partial charge in [-0.15, -0.1) is 0 Å². The first-order valence-electron chi connectivity index (χ1n) is 4.94. The maximum absolute atomic E-state index is 13.3. The van der Waals surface area contributed by atoms with E-state index < -0.39 is 11.9 Å². The van der Waals surface area contributed by atoms with Gasteiger partial charge >= 0.3 is 0 Å². The third-order valence-corrected chi connectivity index (χ3v) is 2.38. The smallest absolute Gasteiger partial charge is 0.147 e. The largest absolute Gasteiger partial charge is 0.386 e. The lowest BCUT2D eigenvalue weighted by Gasteiger charge is -2.18. The fraction of sp³-hybridized carbons (Fsp3) is 0.545. The Morgan fingerprint density at radius 1 is 1.60 bits per heavy atom. The molecule has 1 N–H and O–H groups in total. The summed E-state index contributed by atoms with van der Waals surface area (Å²) in [5, 5.41) is 9.84. The molecular formula is C11H16FNO2. The van der Waals surface area contributed by atoms with Crippen molar-refractivity contribution in [1.82, 2.24) is 4.98 Å². The van der Waals surface area contributed by atoms with Crippen LogP contribution in [-0.2, 0) is 4.74 Å². The van der Waals surface area contributed by atoms with Gasteiger partial charge in [0.25, 0.3) is 0 Å². The van der Waals surface area contributed by atoms with Crippen LogP contribution in [0.4, 0.5) is 4.39 Å². The monoisotopic (exact) mass is 213 g/mol. The van der Waals surface area contributed by atoms with Gasteiger partial charge in [-0.1, -0.05) is 6.92 Å². The van der Waals surface area contributed by atoms with Crippen molar-refractivity contribution in [2.24, 2.45) is 5.92 Å². The number of halogens is 1. The van der Waals surface area contributed by atoms with Gasteiger partial charge in [0.05, 0.1) is 0 Å². The highest BCUT2D eigenvalue weighted by Gasteiger charge is 2.20. The van der Waals surface area contributed by atoms with E-state index in [-0.39, 0.29) is 11.6 Å². The highest BCUT2D eigenvalue weighted by Crippen LogP contribution is 2.24. The molecule has 0 saturated carbocycles. The predicted molar refractivity (Wildman–Crippen MR) is 54.8 cm³/mol. The summed E-state index contributed by atoms with van der Waals surface area (Å²) in [7, 11) is 1.60. The van der Waals surface area contributed by atoms with Crippen LogP contribution in [0.25, 0.3) is 0 Å². The van der Waals surface area contributed by atoms with Gasteiger partial charge in [-0.3, -0.25) is 4.98 Å². The number of rotatable bonds is 5. The van der Waals surface area contributed by atoms with E-state index in [2.05, 4.69) is 4.98 Å². The number of hydrogen-bond donors (Lipinski definition) is 1. The highest BCUT2D eigenvalue weighted by molar-refractivity contribution is 5.10. The number of hydrogen-bond acceptors (Lipinski definition) is 3. The third kappa shape index (κ3) is 3.25. The van der Waals surface area contributed by atoms with Crippen LogP contribution in [0.2, 0.25) is 0 Å². The van der Waals surface area contributed by atoms with E-state index in [1.54, 1.807) is 7.11 Å². The van der Waals surface area contributed by atoms with Gasteiger partial charge in [-0.2, -0.15) is 0 Å². The predicted octanol–water partition coefficient (Wildman–Crippen LogP) is 1.93. The van der Waals surface area contributed by atoms with Crippen LogP contribution in [-0.4, -0.2) is 23.8 Å². The van der Waals surface area contributed by atoms with Crippen molar-refractivity contribution in [2.75, 3.05) is 13.7 Å². The van der Waals surface area contributed by atoms with Crippen LogP contribution in [0.1, 0.15) is 25.1 Å². The Hall–Kier alpha value is -1.00. The van der Waals surface area contributed by atoms with E-state index in [1.165, 1.54) is 18.3 Å². The quantitative estimate of drug-likeness (QED) is 0.812. The summed E-state index contributed by atoms with van der Waals surface area (Å²) in [6.45, 7) is 2.39. The van der Waals surface area contributed by atoms with Gasteiger partial charge in [-0.05, 0) is 24.5 Å². The van der Waals surface area contributed by atoms with Gasteiger partial charge in [-0.25, -0.2) is 4.39 Å². The summed E-state index contributed by atoms with van der Waals surface area (Å²) in [5.41, 5.74) is 0.112. The molecule has 2 unspecified atom stereocenters. The van der Waals surface area contributed by atoms with Crippen LogP contribution < -0.4 is 0 Å². The number of aliphatic hydroxyl groups excluding tert-OH is 1. The number of ether oxygens (including phenoxy) is 1. The Morgan fingerprint density at radius 3 is 2.93 bits per heavy atom. The normalized spacial score (nSPS) is 14.9. The summed E-state index contributed by atoms with van der Waals surface area (Å²) in [5.74, 6) is -0.538. The van der Waals surface area contributed by atoms with Crippen molar-refractivity contribution < 1.29 is 14.2 Å². The number of methoxy groups -OCH3 is 1. The van der Waals surface area contributed by atoms with E-state index in [9.17, 15) is 9.50 Å². The van der Waals surface area contributed by atoms with E-state index in [0.29, 0.717) is 13.0 Å². The molecule has 3 nitrogen and oxygen atoms in total. The van der Waals surface area contributed by atoms with Crippen molar-refractivity contribution in [3.63, 3.8) is 0 Å². The SMILES string of the molecule is COCCC(C)C(O)c1ncccc1F. The van der Waals surface area contributed by atoms with Gasteiger partial charge in [0, 0.05) is 19.9 Å². The third-order valence-electron chi connectivity index (χ3n) is 2.38. The minimum absolute atomic E-state index is 0.0747. The fourth-order valence-corrected chi connectivity index (χ4v) is 1.35. The molecule has 0 aliphatic heterocycles. The van der Waals surface area contributed by atoms with E-state index in [1.807, 2.05) is 6.92 Å². The second kappa shape index (κ2) is 5.78. The molecule has 1 aromatic rings. The Morgan fingerprint density at radius 2 is 2.33 bits per heavy atom. The van der Waals surface area contributed by atoms with Crippen LogP contribution in [0.5, 0.6) is 0 Å². The second-order valence-electron chi connectivity index (χ2n) is 3.57. The first-order chi connectivity index (χ1) is 7.16. The van der Waals surface area contributed by atoms with Crippen LogP contribution in [0.3, 0.4) is 0 Å². The molecule has 0 bridgehead atoms. The topological polar surface area (TPSA) is 42.4 Å². The van der Waals surface area contributed by atoms with Gasteiger partial charge in [0.1, 0.15) is 17.6 Å². The molecule has 84 valence electrons. The van der Waals surface area contributed by atoms with Crippen LogP contribution in [0, 0.1) is 11.7 Å². The molecule has 15 heavy (non-hydrogen) atoms. The lowest BCUT2D eigenvalue weighted by Crippen LogP contribution is -2.14. The number of nitrogens with zero attached hydrogens (tertiary/aromatic N) is 1. The Balaban J connectivity index is 2.67. The van der Waals surface area contributed by atoms with Gasteiger partial charge < -0.3 is 9.84 Å². The van der Waals surface area contributed by atoms with Crippen molar-refractivity contribution in [1.29, 1.82) is 0 Å².